The van der Waals surface area contributed by atoms with Gasteiger partial charge in [-0.2, -0.15) is 5.26 Å². The molecule has 9 nitrogen and oxygen atoms in total. The van der Waals surface area contributed by atoms with Crippen molar-refractivity contribution in [2.45, 2.75) is 32.1 Å². The van der Waals surface area contributed by atoms with Crippen LogP contribution in [0, 0.1) is 17.2 Å². The van der Waals surface area contributed by atoms with E-state index in [1.807, 2.05) is 6.07 Å². The first kappa shape index (κ1) is 21.8. The number of ether oxygens (including phenoxy) is 1. The molecule has 3 heterocycles. The maximum absolute atomic E-state index is 12.4. The second kappa shape index (κ2) is 9.36. The quantitative estimate of drug-likeness (QED) is 0.638. The molecule has 32 heavy (non-hydrogen) atoms. The number of amides is 2. The number of nitrogens with one attached hydrogen (secondary N) is 1. The molecule has 4 rings (SSSR count). The zero-order chi connectivity index (χ0) is 22.7. The zero-order valence-electron chi connectivity index (χ0n) is 17.4. The van der Waals surface area contributed by atoms with Crippen LogP contribution in [0.2, 0.25) is 0 Å². The molecule has 0 bridgehead atoms. The first-order valence-electron chi connectivity index (χ1n) is 10.5. The molecule has 0 atom stereocenters. The van der Waals surface area contributed by atoms with Crippen LogP contribution in [0.25, 0.3) is 0 Å². The highest BCUT2D eigenvalue weighted by molar-refractivity contribution is 7.17. The monoisotopic (exact) mass is 453 g/mol. The zero-order valence-corrected chi connectivity index (χ0v) is 18.2. The molecule has 1 fully saturated rings. The number of carbonyl (C=O) groups excluding carboxylic acids is 3. The molecule has 0 saturated carbocycles. The van der Waals surface area contributed by atoms with E-state index in [0.29, 0.717) is 42.1 Å². The molecule has 2 aromatic rings. The number of nitrogens with two attached hydrogens (primary N) is 1. The standard InChI is InChI=1S/C22H23N5O4S/c23-10-13-4-5-17(25-11-13)27-8-6-14(7-9-27)22(30)31-12-18(28)26-21-19(20(24)29)15-2-1-3-16(15)32-21/h4-5,11,14H,1-3,6-9,12H2,(H2,24,29)(H,26,28). The van der Waals surface area contributed by atoms with Gasteiger partial charge >= 0.3 is 5.97 Å². The van der Waals surface area contributed by atoms with Crippen molar-refractivity contribution < 1.29 is 19.1 Å². The van der Waals surface area contributed by atoms with Crippen LogP contribution in [-0.4, -0.2) is 42.5 Å². The molecule has 1 aliphatic heterocycles. The number of anilines is 2. The van der Waals surface area contributed by atoms with E-state index in [0.717, 1.165) is 35.5 Å². The normalized spacial score (nSPS) is 15.7. The van der Waals surface area contributed by atoms with Crippen molar-refractivity contribution in [2.24, 2.45) is 11.7 Å². The Balaban J connectivity index is 1.26. The fourth-order valence-corrected chi connectivity index (χ4v) is 5.46. The van der Waals surface area contributed by atoms with E-state index >= 15 is 0 Å². The van der Waals surface area contributed by atoms with E-state index in [4.69, 9.17) is 15.7 Å². The summed E-state index contributed by atoms with van der Waals surface area (Å²) < 4.78 is 5.23. The number of thiophene rings is 1. The van der Waals surface area contributed by atoms with Gasteiger partial charge in [-0.3, -0.25) is 14.4 Å². The van der Waals surface area contributed by atoms with Crippen molar-refractivity contribution in [1.29, 1.82) is 5.26 Å². The molecule has 1 saturated heterocycles. The van der Waals surface area contributed by atoms with Crippen LogP contribution in [-0.2, 0) is 27.2 Å². The van der Waals surface area contributed by atoms with E-state index in [1.165, 1.54) is 17.5 Å². The van der Waals surface area contributed by atoms with Crippen LogP contribution in [0.4, 0.5) is 10.8 Å². The number of fused-ring (bicyclic) bond motifs is 1. The number of carbonyl (C=O) groups is 3. The summed E-state index contributed by atoms with van der Waals surface area (Å²) in [7, 11) is 0. The highest BCUT2D eigenvalue weighted by Crippen LogP contribution is 2.38. The van der Waals surface area contributed by atoms with E-state index < -0.39 is 24.4 Å². The number of pyridine rings is 1. The van der Waals surface area contributed by atoms with Crippen molar-refractivity contribution >= 4 is 39.9 Å². The molecule has 0 spiro atoms. The lowest BCUT2D eigenvalue weighted by Gasteiger charge is -2.31. The van der Waals surface area contributed by atoms with Gasteiger partial charge in [-0.25, -0.2) is 4.98 Å². The first-order chi connectivity index (χ1) is 15.5. The molecule has 10 heteroatoms. The third-order valence-corrected chi connectivity index (χ3v) is 7.00. The number of esters is 1. The fourth-order valence-electron chi connectivity index (χ4n) is 4.15. The van der Waals surface area contributed by atoms with Gasteiger partial charge < -0.3 is 20.7 Å². The van der Waals surface area contributed by atoms with Gasteiger partial charge in [0.25, 0.3) is 11.8 Å². The average Bonchev–Trinajstić information content (AvgIpc) is 3.38. The van der Waals surface area contributed by atoms with Gasteiger partial charge in [0.15, 0.2) is 6.61 Å². The molecule has 166 valence electrons. The Bertz CT molecular complexity index is 1080. The molecule has 2 aromatic heterocycles. The van der Waals surface area contributed by atoms with Crippen LogP contribution in [0.1, 0.15) is 45.6 Å². The number of hydrogen-bond donors (Lipinski definition) is 2. The van der Waals surface area contributed by atoms with Gasteiger partial charge in [-0.15, -0.1) is 11.3 Å². The third-order valence-electron chi connectivity index (χ3n) is 5.80. The fraction of sp³-hybridized carbons (Fsp3) is 0.409. The summed E-state index contributed by atoms with van der Waals surface area (Å²) >= 11 is 1.37. The second-order valence-corrected chi connectivity index (χ2v) is 8.96. The van der Waals surface area contributed by atoms with Gasteiger partial charge in [-0.1, -0.05) is 0 Å². The number of hydrogen-bond acceptors (Lipinski definition) is 8. The van der Waals surface area contributed by atoms with Gasteiger partial charge in [0.1, 0.15) is 16.9 Å². The molecule has 2 amide bonds. The Hall–Kier alpha value is -3.45. The average molecular weight is 454 g/mol. The number of rotatable bonds is 6. The number of aryl methyl sites for hydroxylation is 1. The minimum Gasteiger partial charge on any atom is -0.455 e. The highest BCUT2D eigenvalue weighted by atomic mass is 32.1. The lowest BCUT2D eigenvalue weighted by atomic mass is 9.97. The number of piperidine rings is 1. The van der Waals surface area contributed by atoms with E-state index in [-0.39, 0.29) is 5.92 Å². The minimum atomic E-state index is -0.555. The summed E-state index contributed by atoms with van der Waals surface area (Å²) in [5.74, 6) is -0.968. The second-order valence-electron chi connectivity index (χ2n) is 7.86. The van der Waals surface area contributed by atoms with Crippen molar-refractivity contribution in [3.63, 3.8) is 0 Å². The van der Waals surface area contributed by atoms with Gasteiger partial charge in [0.2, 0.25) is 0 Å². The summed E-state index contributed by atoms with van der Waals surface area (Å²) in [5, 5.41) is 12.0. The molecular formula is C22H23N5O4S. The van der Waals surface area contributed by atoms with Gasteiger partial charge in [0.05, 0.1) is 17.0 Å². The Morgan fingerprint density at radius 1 is 1.28 bits per heavy atom. The number of nitriles is 1. The molecule has 1 aliphatic carbocycles. The number of nitrogens with zero attached hydrogens (tertiary/aromatic N) is 3. The van der Waals surface area contributed by atoms with Crippen molar-refractivity contribution in [2.75, 3.05) is 29.9 Å². The molecule has 0 radical (unpaired) electrons. The summed E-state index contributed by atoms with van der Waals surface area (Å²) in [4.78, 5) is 44.0. The van der Waals surface area contributed by atoms with Gasteiger partial charge in [0, 0.05) is 24.2 Å². The maximum atomic E-state index is 12.4. The van der Waals surface area contributed by atoms with Crippen LogP contribution >= 0.6 is 11.3 Å². The van der Waals surface area contributed by atoms with E-state index in [9.17, 15) is 14.4 Å². The number of primary amides is 1. The summed E-state index contributed by atoms with van der Waals surface area (Å²) in [6.07, 6.45) is 5.35. The Morgan fingerprint density at radius 3 is 2.72 bits per heavy atom. The summed E-state index contributed by atoms with van der Waals surface area (Å²) in [6.45, 7) is 0.859. The molecule has 2 aliphatic rings. The lowest BCUT2D eigenvalue weighted by molar-refractivity contribution is -0.152. The van der Waals surface area contributed by atoms with Crippen LogP contribution in [0.5, 0.6) is 0 Å². The molecule has 0 unspecified atom stereocenters. The lowest BCUT2D eigenvalue weighted by Crippen LogP contribution is -2.38. The van der Waals surface area contributed by atoms with Crippen LogP contribution in [0.15, 0.2) is 18.3 Å². The molecule has 0 aromatic carbocycles. The summed E-state index contributed by atoms with van der Waals surface area (Å²) in [5.41, 5.74) is 7.31. The molecular weight excluding hydrogens is 430 g/mol. The largest absolute Gasteiger partial charge is 0.455 e. The predicted molar refractivity (Wildman–Crippen MR) is 118 cm³/mol. The topological polar surface area (TPSA) is 138 Å². The van der Waals surface area contributed by atoms with E-state index in [2.05, 4.69) is 15.2 Å². The SMILES string of the molecule is N#Cc1ccc(N2CCC(C(=O)OCC(=O)Nc3sc4c(c3C(N)=O)CCC4)CC2)nc1. The third kappa shape index (κ3) is 4.57. The van der Waals surface area contributed by atoms with Crippen LogP contribution < -0.4 is 16.0 Å². The number of aromatic nitrogens is 1. The Morgan fingerprint density at radius 2 is 2.06 bits per heavy atom. The highest BCUT2D eigenvalue weighted by Gasteiger charge is 2.29. The first-order valence-corrected chi connectivity index (χ1v) is 11.3. The minimum absolute atomic E-state index is 0.288. The predicted octanol–water partition coefficient (Wildman–Crippen LogP) is 2.00. The Kier molecular flexibility index (Phi) is 6.37. The van der Waals surface area contributed by atoms with Crippen molar-refractivity contribution in [1.82, 2.24) is 4.98 Å². The molecule has 3 N–H and O–H groups in total. The smallest absolute Gasteiger partial charge is 0.309 e. The maximum Gasteiger partial charge on any atom is 0.309 e. The Labute approximate surface area is 189 Å². The van der Waals surface area contributed by atoms with Crippen molar-refractivity contribution in [3.05, 3.63) is 39.9 Å². The van der Waals surface area contributed by atoms with Gasteiger partial charge in [-0.05, 0) is 49.8 Å². The van der Waals surface area contributed by atoms with Crippen molar-refractivity contribution in [3.8, 4) is 6.07 Å². The van der Waals surface area contributed by atoms with E-state index in [1.54, 1.807) is 12.1 Å². The van der Waals surface area contributed by atoms with Crippen LogP contribution in [0.3, 0.4) is 0 Å². The summed E-state index contributed by atoms with van der Waals surface area (Å²) in [6, 6.07) is 5.55.